The molecule has 0 aromatic carbocycles. The van der Waals surface area contributed by atoms with Crippen LogP contribution in [0.1, 0.15) is 6.92 Å². The van der Waals surface area contributed by atoms with Gasteiger partial charge in [-0.2, -0.15) is 0 Å². The van der Waals surface area contributed by atoms with Gasteiger partial charge >= 0.3 is 7.82 Å². The van der Waals surface area contributed by atoms with E-state index >= 15 is 0 Å². The summed E-state index contributed by atoms with van der Waals surface area (Å²) in [6.45, 7) is 4.97. The zero-order valence-corrected chi connectivity index (χ0v) is 6.28. The highest BCUT2D eigenvalue weighted by Gasteiger charge is 2.00. The fraction of sp³-hybridized carbons (Fsp3) is 0.250. The van der Waals surface area contributed by atoms with Crippen molar-refractivity contribution in [2.75, 3.05) is 0 Å². The van der Waals surface area contributed by atoms with Gasteiger partial charge in [-0.05, 0) is 12.5 Å². The van der Waals surface area contributed by atoms with Gasteiger partial charge in [0, 0.05) is 0 Å². The van der Waals surface area contributed by atoms with Crippen LogP contribution in [0.3, 0.4) is 0 Å². The van der Waals surface area contributed by atoms with Crippen LogP contribution in [0.2, 0.25) is 0 Å². The van der Waals surface area contributed by atoms with Crippen molar-refractivity contribution < 1.29 is 24.0 Å². The molecule has 60 valence electrons. The maximum atomic E-state index is 9.41. The molecule has 0 fully saturated rings. The first-order valence-electron chi connectivity index (χ1n) is 2.16. The molecule has 0 saturated carbocycles. The Bertz CT molecular complexity index is 149. The van der Waals surface area contributed by atoms with E-state index in [0.29, 0.717) is 5.57 Å². The average molecular weight is 168 g/mol. The fourth-order valence-corrected chi connectivity index (χ4v) is 0. The van der Waals surface area contributed by atoms with E-state index in [-0.39, 0.29) is 0 Å². The third-order valence-corrected chi connectivity index (χ3v) is 0.201. The molecule has 0 bridgehead atoms. The summed E-state index contributed by atoms with van der Waals surface area (Å²) in [6.07, 6.45) is 0.722. The van der Waals surface area contributed by atoms with Crippen molar-refractivity contribution in [1.82, 2.24) is 0 Å². The molecule has 0 aliphatic heterocycles. The summed E-state index contributed by atoms with van der Waals surface area (Å²) >= 11 is 0. The van der Waals surface area contributed by atoms with Gasteiger partial charge in [0.05, 0.1) is 0 Å². The summed E-state index contributed by atoms with van der Waals surface area (Å²) in [5.74, 6) is 0. The number of phosphoric acid groups is 1. The van der Waals surface area contributed by atoms with E-state index < -0.39 is 7.82 Å². The van der Waals surface area contributed by atoms with Gasteiger partial charge in [-0.25, -0.2) is 4.57 Å². The minimum Gasteiger partial charge on any atom is -0.303 e. The first-order chi connectivity index (χ1) is 4.27. The number of allylic oxidation sites excluding steroid dienone is 1. The summed E-state index contributed by atoms with van der Waals surface area (Å²) in [5, 5.41) is 0. The molecule has 6 heteroatoms. The lowest BCUT2D eigenvalue weighted by Crippen LogP contribution is -1.66. The Labute approximate surface area is 58.2 Å². The molecular formula is C4H9O5P. The number of aldehydes is 1. The van der Waals surface area contributed by atoms with Crippen LogP contribution in [-0.2, 0) is 9.36 Å². The molecule has 10 heavy (non-hydrogen) atoms. The van der Waals surface area contributed by atoms with Gasteiger partial charge in [0.1, 0.15) is 6.29 Å². The van der Waals surface area contributed by atoms with Gasteiger partial charge < -0.3 is 14.7 Å². The number of rotatable bonds is 1. The summed E-state index contributed by atoms with van der Waals surface area (Å²) in [5.41, 5.74) is 0.574. The molecule has 0 atom stereocenters. The van der Waals surface area contributed by atoms with Gasteiger partial charge in [-0.15, -0.1) is 0 Å². The Hall–Kier alpha value is -0.480. The zero-order chi connectivity index (χ0) is 8.78. The van der Waals surface area contributed by atoms with Crippen LogP contribution in [0.4, 0.5) is 0 Å². The lowest BCUT2D eigenvalue weighted by Gasteiger charge is -1.82. The normalized spacial score (nSPS) is 9.20. The smallest absolute Gasteiger partial charge is 0.303 e. The minimum atomic E-state index is -4.64. The highest BCUT2D eigenvalue weighted by Crippen LogP contribution is 2.25. The molecule has 0 saturated heterocycles. The fourth-order valence-electron chi connectivity index (χ4n) is 0. The second kappa shape index (κ2) is 5.32. The van der Waals surface area contributed by atoms with Crippen LogP contribution >= 0.6 is 7.82 Å². The van der Waals surface area contributed by atoms with Crippen LogP contribution < -0.4 is 0 Å². The molecule has 0 spiro atoms. The van der Waals surface area contributed by atoms with Crippen molar-refractivity contribution in [2.24, 2.45) is 0 Å². The van der Waals surface area contributed by atoms with E-state index in [1.54, 1.807) is 6.92 Å². The second-order valence-electron chi connectivity index (χ2n) is 1.48. The van der Waals surface area contributed by atoms with Crippen LogP contribution in [-0.4, -0.2) is 21.0 Å². The number of hydrogen-bond donors (Lipinski definition) is 3. The van der Waals surface area contributed by atoms with E-state index in [2.05, 4.69) is 6.58 Å². The molecular weight excluding hydrogens is 159 g/mol. The monoisotopic (exact) mass is 168 g/mol. The van der Waals surface area contributed by atoms with Gasteiger partial charge in [0.25, 0.3) is 0 Å². The zero-order valence-electron chi connectivity index (χ0n) is 5.39. The minimum absolute atomic E-state index is 0.574. The van der Waals surface area contributed by atoms with Crippen molar-refractivity contribution in [1.29, 1.82) is 0 Å². The Morgan fingerprint density at radius 1 is 1.50 bits per heavy atom. The maximum Gasteiger partial charge on any atom is 0.466 e. The summed E-state index contributed by atoms with van der Waals surface area (Å²) < 4.78 is 8.88. The Morgan fingerprint density at radius 2 is 1.60 bits per heavy atom. The molecule has 0 radical (unpaired) electrons. The standard InChI is InChI=1S/C4H6O.H3O4P/c1-4(2)3-5;1-5(2,3)4/h3H,1H2,2H3;(H3,1,2,3,4). The molecule has 5 nitrogen and oxygen atoms in total. The van der Waals surface area contributed by atoms with E-state index in [1.807, 2.05) is 0 Å². The van der Waals surface area contributed by atoms with Crippen molar-refractivity contribution in [2.45, 2.75) is 6.92 Å². The lowest BCUT2D eigenvalue weighted by atomic mass is 10.4. The largest absolute Gasteiger partial charge is 0.466 e. The molecule has 0 amide bonds. The average Bonchev–Trinajstić information content (AvgIpc) is 1.61. The van der Waals surface area contributed by atoms with Gasteiger partial charge in [-0.1, -0.05) is 6.58 Å². The highest BCUT2D eigenvalue weighted by atomic mass is 31.2. The van der Waals surface area contributed by atoms with E-state index in [9.17, 15) is 4.79 Å². The number of hydrogen-bond acceptors (Lipinski definition) is 2. The van der Waals surface area contributed by atoms with Gasteiger partial charge in [-0.3, -0.25) is 4.79 Å². The molecule has 0 aromatic rings. The van der Waals surface area contributed by atoms with Crippen LogP contribution in [0.5, 0.6) is 0 Å². The van der Waals surface area contributed by atoms with E-state index in [4.69, 9.17) is 19.2 Å². The maximum absolute atomic E-state index is 9.41. The first kappa shape index (κ1) is 12.2. The van der Waals surface area contributed by atoms with E-state index in [0.717, 1.165) is 6.29 Å². The molecule has 0 heterocycles. The third kappa shape index (κ3) is 138. The van der Waals surface area contributed by atoms with Crippen LogP contribution in [0.15, 0.2) is 12.2 Å². The topological polar surface area (TPSA) is 94.8 Å². The number of carbonyl (C=O) groups excluding carboxylic acids is 1. The summed E-state index contributed by atoms with van der Waals surface area (Å²) in [4.78, 5) is 31.0. The van der Waals surface area contributed by atoms with Crippen molar-refractivity contribution in [3.8, 4) is 0 Å². The van der Waals surface area contributed by atoms with Gasteiger partial charge in [0.15, 0.2) is 0 Å². The Kier molecular flexibility index (Phi) is 6.50. The van der Waals surface area contributed by atoms with Crippen molar-refractivity contribution >= 4 is 14.1 Å². The quantitative estimate of drug-likeness (QED) is 0.287. The van der Waals surface area contributed by atoms with Gasteiger partial charge in [0.2, 0.25) is 0 Å². The Morgan fingerprint density at radius 3 is 1.60 bits per heavy atom. The number of carbonyl (C=O) groups is 1. The third-order valence-electron chi connectivity index (χ3n) is 0.201. The highest BCUT2D eigenvalue weighted by molar-refractivity contribution is 7.45. The predicted molar refractivity (Wildman–Crippen MR) is 35.1 cm³/mol. The molecule has 3 N–H and O–H groups in total. The van der Waals surface area contributed by atoms with Crippen molar-refractivity contribution in [3.63, 3.8) is 0 Å². The van der Waals surface area contributed by atoms with Crippen LogP contribution in [0.25, 0.3) is 0 Å². The molecule has 0 aliphatic rings. The summed E-state index contributed by atoms with van der Waals surface area (Å²) in [7, 11) is -4.64. The van der Waals surface area contributed by atoms with Crippen LogP contribution in [0, 0.1) is 0 Å². The molecule has 0 aromatic heterocycles. The van der Waals surface area contributed by atoms with E-state index in [1.165, 1.54) is 0 Å². The Balaban J connectivity index is 0. The predicted octanol–water partition coefficient (Wildman–Crippen LogP) is -0.167. The molecule has 0 aliphatic carbocycles. The molecule has 0 rings (SSSR count). The second-order valence-corrected chi connectivity index (χ2v) is 2.50. The summed E-state index contributed by atoms with van der Waals surface area (Å²) in [6, 6.07) is 0. The van der Waals surface area contributed by atoms with Crippen molar-refractivity contribution in [3.05, 3.63) is 12.2 Å². The first-order valence-corrected chi connectivity index (χ1v) is 3.73. The lowest BCUT2D eigenvalue weighted by molar-refractivity contribution is -0.104. The SMILES string of the molecule is C=C(C)C=O.O=P(O)(O)O. The molecule has 0 unspecified atom stereocenters.